The Bertz CT molecular complexity index is 610. The molecule has 1 aliphatic heterocycles. The lowest BCUT2D eigenvalue weighted by atomic mass is 9.54. The van der Waals surface area contributed by atoms with Gasteiger partial charge in [-0.3, -0.25) is 0 Å². The first-order valence-electron chi connectivity index (χ1n) is 9.09. The number of hydrogen-bond acceptors (Lipinski definition) is 2. The molecule has 0 spiro atoms. The highest BCUT2D eigenvalue weighted by molar-refractivity contribution is 5.41. The van der Waals surface area contributed by atoms with Crippen LogP contribution in [-0.2, 0) is 11.2 Å². The predicted molar refractivity (Wildman–Crippen MR) is 86.3 cm³/mol. The van der Waals surface area contributed by atoms with Crippen molar-refractivity contribution in [2.24, 2.45) is 17.3 Å². The molecule has 3 fully saturated rings. The van der Waals surface area contributed by atoms with Crippen LogP contribution in [0.5, 0.6) is 5.75 Å². The van der Waals surface area contributed by atoms with Crippen LogP contribution in [0.3, 0.4) is 0 Å². The summed E-state index contributed by atoms with van der Waals surface area (Å²) in [5, 5.41) is 0. The van der Waals surface area contributed by atoms with Gasteiger partial charge in [-0.1, -0.05) is 13.0 Å². The van der Waals surface area contributed by atoms with E-state index in [1.165, 1.54) is 38.5 Å². The average Bonchev–Trinajstić information content (AvgIpc) is 3.28. The van der Waals surface area contributed by atoms with E-state index in [0.29, 0.717) is 17.6 Å². The summed E-state index contributed by atoms with van der Waals surface area (Å²) >= 11 is 0. The van der Waals surface area contributed by atoms with Gasteiger partial charge in [0, 0.05) is 5.41 Å². The average molecular weight is 298 g/mol. The topological polar surface area (TPSA) is 21.8 Å². The maximum Gasteiger partial charge on any atom is 0.119 e. The van der Waals surface area contributed by atoms with Crippen LogP contribution < -0.4 is 4.74 Å². The highest BCUT2D eigenvalue weighted by atomic mass is 16.6. The zero-order valence-corrected chi connectivity index (χ0v) is 13.7. The Morgan fingerprint density at radius 1 is 1.32 bits per heavy atom. The minimum Gasteiger partial charge on any atom is -0.497 e. The van der Waals surface area contributed by atoms with Crippen LogP contribution in [0.25, 0.3) is 0 Å². The largest absolute Gasteiger partial charge is 0.497 e. The molecule has 0 radical (unpaired) electrons. The van der Waals surface area contributed by atoms with Crippen LogP contribution in [0.4, 0.5) is 0 Å². The molecule has 1 saturated heterocycles. The van der Waals surface area contributed by atoms with Crippen LogP contribution >= 0.6 is 0 Å². The van der Waals surface area contributed by atoms with Gasteiger partial charge in [-0.2, -0.15) is 0 Å². The van der Waals surface area contributed by atoms with Gasteiger partial charge in [0.05, 0.1) is 19.3 Å². The van der Waals surface area contributed by atoms with Crippen molar-refractivity contribution in [2.75, 3.05) is 7.11 Å². The van der Waals surface area contributed by atoms with E-state index in [0.717, 1.165) is 23.5 Å². The van der Waals surface area contributed by atoms with Gasteiger partial charge < -0.3 is 9.47 Å². The molecule has 0 unspecified atom stereocenters. The molecular weight excluding hydrogens is 272 g/mol. The Balaban J connectivity index is 1.51. The lowest BCUT2D eigenvalue weighted by Gasteiger charge is -2.51. The smallest absolute Gasteiger partial charge is 0.119 e. The van der Waals surface area contributed by atoms with E-state index in [9.17, 15) is 0 Å². The van der Waals surface area contributed by atoms with E-state index in [2.05, 4.69) is 25.1 Å². The van der Waals surface area contributed by atoms with Crippen LogP contribution in [0.1, 0.15) is 56.1 Å². The Labute approximate surface area is 133 Å². The lowest BCUT2D eigenvalue weighted by molar-refractivity contribution is -0.0123. The third-order valence-corrected chi connectivity index (χ3v) is 7.48. The minimum absolute atomic E-state index is 0.524. The number of ether oxygens (including phenoxy) is 2. The summed E-state index contributed by atoms with van der Waals surface area (Å²) in [6.07, 6.45) is 9.23. The number of rotatable bonds is 2. The van der Waals surface area contributed by atoms with E-state index < -0.39 is 0 Å². The van der Waals surface area contributed by atoms with E-state index in [1.807, 2.05) is 0 Å². The third-order valence-electron chi connectivity index (χ3n) is 7.48. The first kappa shape index (κ1) is 13.4. The molecule has 2 nitrogen and oxygen atoms in total. The number of methoxy groups -OCH3 is 1. The molecule has 0 aromatic heterocycles. The summed E-state index contributed by atoms with van der Waals surface area (Å²) in [5.74, 6) is 3.62. The van der Waals surface area contributed by atoms with Crippen molar-refractivity contribution in [2.45, 2.75) is 63.6 Å². The molecule has 1 heterocycles. The quantitative estimate of drug-likeness (QED) is 0.759. The summed E-state index contributed by atoms with van der Waals surface area (Å²) < 4.78 is 11.4. The maximum absolute atomic E-state index is 5.98. The Morgan fingerprint density at radius 3 is 3.05 bits per heavy atom. The number of benzene rings is 1. The van der Waals surface area contributed by atoms with E-state index >= 15 is 0 Å². The summed E-state index contributed by atoms with van der Waals surface area (Å²) in [5.41, 5.74) is 3.70. The predicted octanol–water partition coefficient (Wildman–Crippen LogP) is 4.32. The molecule has 3 aliphatic carbocycles. The third kappa shape index (κ3) is 1.60. The second-order valence-electron chi connectivity index (χ2n) is 7.94. The number of fused-ring (bicyclic) bond motifs is 7. The number of epoxide rings is 1. The molecule has 4 aliphatic rings. The zero-order chi connectivity index (χ0) is 14.9. The van der Waals surface area contributed by atoms with Crippen molar-refractivity contribution in [1.82, 2.24) is 0 Å². The number of aryl methyl sites for hydroxylation is 1. The number of hydrogen-bond donors (Lipinski definition) is 0. The monoisotopic (exact) mass is 298 g/mol. The molecule has 1 aromatic carbocycles. The summed E-state index contributed by atoms with van der Waals surface area (Å²) in [6, 6.07) is 6.80. The lowest BCUT2D eigenvalue weighted by Crippen LogP contribution is -2.44. The maximum atomic E-state index is 5.98. The van der Waals surface area contributed by atoms with E-state index in [1.54, 1.807) is 18.2 Å². The van der Waals surface area contributed by atoms with Crippen molar-refractivity contribution < 1.29 is 9.47 Å². The molecule has 0 bridgehead atoms. The van der Waals surface area contributed by atoms with Gasteiger partial charge in [0.1, 0.15) is 5.75 Å². The molecule has 1 aromatic rings. The highest BCUT2D eigenvalue weighted by Crippen LogP contribution is 2.67. The Kier molecular flexibility index (Phi) is 2.75. The van der Waals surface area contributed by atoms with Gasteiger partial charge in [0.15, 0.2) is 0 Å². The van der Waals surface area contributed by atoms with E-state index in [-0.39, 0.29) is 0 Å². The first-order chi connectivity index (χ1) is 10.8. The fourth-order valence-electron chi connectivity index (χ4n) is 6.41. The summed E-state index contributed by atoms with van der Waals surface area (Å²) in [6.45, 7) is 2.40. The first-order valence-corrected chi connectivity index (χ1v) is 9.09. The van der Waals surface area contributed by atoms with Crippen molar-refractivity contribution in [3.05, 3.63) is 29.3 Å². The molecule has 22 heavy (non-hydrogen) atoms. The molecule has 2 heteroatoms. The van der Waals surface area contributed by atoms with Crippen molar-refractivity contribution >= 4 is 0 Å². The van der Waals surface area contributed by atoms with Gasteiger partial charge in [-0.05, 0) is 79.5 Å². The minimum atomic E-state index is 0.524. The van der Waals surface area contributed by atoms with Gasteiger partial charge in [0.2, 0.25) is 0 Å². The van der Waals surface area contributed by atoms with Crippen LogP contribution in [0.2, 0.25) is 0 Å². The van der Waals surface area contributed by atoms with Crippen LogP contribution in [0.15, 0.2) is 18.2 Å². The van der Waals surface area contributed by atoms with Crippen molar-refractivity contribution in [1.29, 1.82) is 0 Å². The van der Waals surface area contributed by atoms with E-state index in [4.69, 9.17) is 9.47 Å². The Hall–Kier alpha value is -1.02. The van der Waals surface area contributed by atoms with Crippen LogP contribution in [0, 0.1) is 17.3 Å². The van der Waals surface area contributed by atoms with Gasteiger partial charge in [0.25, 0.3) is 0 Å². The van der Waals surface area contributed by atoms with Gasteiger partial charge in [-0.15, -0.1) is 0 Å². The summed E-state index contributed by atoms with van der Waals surface area (Å²) in [4.78, 5) is 0. The second-order valence-corrected chi connectivity index (χ2v) is 7.94. The highest BCUT2D eigenvalue weighted by Gasteiger charge is 2.67. The molecule has 6 atom stereocenters. The van der Waals surface area contributed by atoms with Crippen molar-refractivity contribution in [3.63, 3.8) is 0 Å². The van der Waals surface area contributed by atoms with Crippen molar-refractivity contribution in [3.8, 4) is 5.75 Å². The molecule has 5 rings (SSSR count). The molecule has 2 saturated carbocycles. The van der Waals surface area contributed by atoms with Crippen LogP contribution in [-0.4, -0.2) is 19.3 Å². The van der Waals surface area contributed by atoms with Gasteiger partial charge in [-0.25, -0.2) is 0 Å². The Morgan fingerprint density at radius 2 is 2.23 bits per heavy atom. The zero-order valence-electron chi connectivity index (χ0n) is 13.7. The molecular formula is C20H26O2. The SMILES string of the molecule is CC[C@]12CC[C@@H]3c4ccc(OC)cc4CC[C@H]3[C@@H]1C[C@H]1O[C@H]12. The molecule has 0 amide bonds. The fourth-order valence-corrected chi connectivity index (χ4v) is 6.41. The fraction of sp³-hybridized carbons (Fsp3) is 0.700. The normalized spacial score (nSPS) is 44.5. The molecule has 0 N–H and O–H groups in total. The molecule has 118 valence electrons. The standard InChI is InChI=1S/C20H26O2/c1-3-20-9-8-15-14-7-5-13(21-2)10-12(14)4-6-16(15)17(20)11-18-19(20)22-18/h5,7,10,15-19H,3-4,6,8-9,11H2,1-2H3/t15-,16-,17+,18-,19-,20+/m1/s1. The second kappa shape index (κ2) is 4.50. The summed E-state index contributed by atoms with van der Waals surface area (Å²) in [7, 11) is 1.77. The van der Waals surface area contributed by atoms with Gasteiger partial charge >= 0.3 is 0 Å².